The predicted octanol–water partition coefficient (Wildman–Crippen LogP) is 2.16. The van der Waals surface area contributed by atoms with Gasteiger partial charge in [0.25, 0.3) is 5.91 Å². The number of nitrogens with one attached hydrogen (secondary N) is 1. The molecule has 1 aromatic rings. The highest BCUT2D eigenvalue weighted by molar-refractivity contribution is 6.30. The van der Waals surface area contributed by atoms with Gasteiger partial charge in [-0.25, -0.2) is 4.79 Å². The summed E-state index contributed by atoms with van der Waals surface area (Å²) in [6.45, 7) is 1.56. The summed E-state index contributed by atoms with van der Waals surface area (Å²) in [6, 6.07) is 6.69. The molecule has 0 aliphatic heterocycles. The average Bonchev–Trinajstić information content (AvgIpc) is 3.12. The molecule has 1 atom stereocenters. The van der Waals surface area contributed by atoms with Crippen molar-refractivity contribution in [3.05, 3.63) is 34.9 Å². The summed E-state index contributed by atoms with van der Waals surface area (Å²) >= 11 is 5.78. The van der Waals surface area contributed by atoms with Crippen molar-refractivity contribution in [2.24, 2.45) is 0 Å². The third-order valence-corrected chi connectivity index (χ3v) is 2.87. The van der Waals surface area contributed by atoms with Gasteiger partial charge in [0.05, 0.1) is 5.56 Å². The predicted molar refractivity (Wildman–Crippen MR) is 67.5 cm³/mol. The van der Waals surface area contributed by atoms with E-state index in [1.54, 1.807) is 25.1 Å². The fourth-order valence-electron chi connectivity index (χ4n) is 1.44. The van der Waals surface area contributed by atoms with Crippen LogP contribution >= 0.6 is 11.6 Å². The van der Waals surface area contributed by atoms with E-state index in [4.69, 9.17) is 16.3 Å². The molecule has 96 valence electrons. The van der Waals surface area contributed by atoms with Gasteiger partial charge in [-0.05, 0) is 38.0 Å². The van der Waals surface area contributed by atoms with Crippen LogP contribution in [-0.4, -0.2) is 24.0 Å². The zero-order valence-electron chi connectivity index (χ0n) is 9.98. The van der Waals surface area contributed by atoms with Crippen LogP contribution in [0.2, 0.25) is 5.02 Å². The molecule has 1 saturated carbocycles. The van der Waals surface area contributed by atoms with Gasteiger partial charge in [-0.15, -0.1) is 0 Å². The largest absolute Gasteiger partial charge is 0.449 e. The Morgan fingerprint density at radius 2 is 2.17 bits per heavy atom. The van der Waals surface area contributed by atoms with Crippen molar-refractivity contribution in [1.29, 1.82) is 0 Å². The fourth-order valence-corrected chi connectivity index (χ4v) is 1.63. The van der Waals surface area contributed by atoms with Crippen LogP contribution in [-0.2, 0) is 9.53 Å². The van der Waals surface area contributed by atoms with Crippen LogP contribution in [0.1, 0.15) is 30.1 Å². The lowest BCUT2D eigenvalue weighted by Crippen LogP contribution is -2.37. The minimum absolute atomic E-state index is 0.254. The van der Waals surface area contributed by atoms with E-state index < -0.39 is 12.1 Å². The second-order valence-corrected chi connectivity index (χ2v) is 4.78. The Hall–Kier alpha value is -1.55. The number of amides is 1. The summed E-state index contributed by atoms with van der Waals surface area (Å²) in [6.07, 6.45) is 1.21. The van der Waals surface area contributed by atoms with E-state index >= 15 is 0 Å². The van der Waals surface area contributed by atoms with Crippen molar-refractivity contribution in [2.45, 2.75) is 31.9 Å². The van der Waals surface area contributed by atoms with Crippen LogP contribution in [0.3, 0.4) is 0 Å². The average molecular weight is 268 g/mol. The van der Waals surface area contributed by atoms with Crippen molar-refractivity contribution in [2.75, 3.05) is 0 Å². The minimum atomic E-state index is -0.794. The van der Waals surface area contributed by atoms with Crippen molar-refractivity contribution < 1.29 is 14.3 Å². The number of hydrogen-bond donors (Lipinski definition) is 1. The Morgan fingerprint density at radius 3 is 2.78 bits per heavy atom. The van der Waals surface area contributed by atoms with Crippen molar-refractivity contribution >= 4 is 23.5 Å². The molecule has 18 heavy (non-hydrogen) atoms. The Morgan fingerprint density at radius 1 is 1.44 bits per heavy atom. The molecule has 5 heteroatoms. The molecule has 0 radical (unpaired) electrons. The Bertz CT molecular complexity index is 471. The van der Waals surface area contributed by atoms with Crippen molar-refractivity contribution in [3.8, 4) is 0 Å². The Kier molecular flexibility index (Phi) is 3.87. The van der Waals surface area contributed by atoms with Crippen LogP contribution in [0.4, 0.5) is 0 Å². The molecule has 0 unspecified atom stereocenters. The number of halogens is 1. The first-order valence-corrected chi connectivity index (χ1v) is 6.21. The maximum absolute atomic E-state index is 11.8. The van der Waals surface area contributed by atoms with Gasteiger partial charge in [-0.2, -0.15) is 0 Å². The quantitative estimate of drug-likeness (QED) is 0.851. The van der Waals surface area contributed by atoms with E-state index in [1.165, 1.54) is 6.07 Å². The molecule has 0 aromatic heterocycles. The van der Waals surface area contributed by atoms with E-state index in [9.17, 15) is 9.59 Å². The van der Waals surface area contributed by atoms with Gasteiger partial charge in [0.2, 0.25) is 0 Å². The molecule has 4 nitrogen and oxygen atoms in total. The topological polar surface area (TPSA) is 55.4 Å². The first kappa shape index (κ1) is 12.9. The van der Waals surface area contributed by atoms with Crippen LogP contribution in [0.25, 0.3) is 0 Å². The second-order valence-electron chi connectivity index (χ2n) is 4.34. The Balaban J connectivity index is 1.91. The molecule has 1 amide bonds. The number of carbonyl (C=O) groups excluding carboxylic acids is 2. The molecule has 1 aliphatic rings. The van der Waals surface area contributed by atoms with Gasteiger partial charge in [0.1, 0.15) is 0 Å². The number of hydrogen-bond acceptors (Lipinski definition) is 3. The van der Waals surface area contributed by atoms with E-state index in [-0.39, 0.29) is 11.9 Å². The molecule has 0 spiro atoms. The van der Waals surface area contributed by atoms with E-state index in [2.05, 4.69) is 5.32 Å². The molecule has 1 fully saturated rings. The highest BCUT2D eigenvalue weighted by Crippen LogP contribution is 2.19. The molecule has 0 bridgehead atoms. The van der Waals surface area contributed by atoms with E-state index in [0.717, 1.165) is 12.8 Å². The second kappa shape index (κ2) is 5.40. The van der Waals surface area contributed by atoms with Crippen LogP contribution in [0, 0.1) is 0 Å². The third kappa shape index (κ3) is 3.47. The number of ether oxygens (including phenoxy) is 1. The number of benzene rings is 1. The van der Waals surface area contributed by atoms with Crippen LogP contribution in [0.15, 0.2) is 24.3 Å². The monoisotopic (exact) mass is 267 g/mol. The van der Waals surface area contributed by atoms with Gasteiger partial charge in [0, 0.05) is 11.1 Å². The van der Waals surface area contributed by atoms with Crippen LogP contribution < -0.4 is 5.32 Å². The number of rotatable bonds is 4. The van der Waals surface area contributed by atoms with Gasteiger partial charge in [-0.3, -0.25) is 4.79 Å². The van der Waals surface area contributed by atoms with Gasteiger partial charge >= 0.3 is 5.97 Å². The highest BCUT2D eigenvalue weighted by atomic mass is 35.5. The highest BCUT2D eigenvalue weighted by Gasteiger charge is 2.27. The summed E-state index contributed by atoms with van der Waals surface area (Å²) in [5, 5.41) is 3.24. The molecule has 1 N–H and O–H groups in total. The Labute approximate surface area is 110 Å². The first-order valence-electron chi connectivity index (χ1n) is 5.83. The zero-order valence-corrected chi connectivity index (χ0v) is 10.7. The number of esters is 1. The summed E-state index contributed by atoms with van der Waals surface area (Å²) in [7, 11) is 0. The minimum Gasteiger partial charge on any atom is -0.449 e. The van der Waals surface area contributed by atoms with E-state index in [0.29, 0.717) is 10.6 Å². The summed E-state index contributed by atoms with van der Waals surface area (Å²) in [5.74, 6) is -0.802. The lowest BCUT2D eigenvalue weighted by Gasteiger charge is -2.13. The SMILES string of the molecule is C[C@@H](OC(=O)c1cccc(Cl)c1)C(=O)NC1CC1. The maximum atomic E-state index is 11.8. The molecule has 0 heterocycles. The fraction of sp³-hybridized carbons (Fsp3) is 0.385. The zero-order chi connectivity index (χ0) is 13.1. The summed E-state index contributed by atoms with van der Waals surface area (Å²) in [5.41, 5.74) is 0.341. The molecule has 1 aliphatic carbocycles. The van der Waals surface area contributed by atoms with Gasteiger partial charge in [-0.1, -0.05) is 17.7 Å². The standard InChI is InChI=1S/C13H14ClNO3/c1-8(12(16)15-11-5-6-11)18-13(17)9-3-2-4-10(14)7-9/h2-4,7-8,11H,5-6H2,1H3,(H,15,16)/t8-/m1/s1. The normalized spacial score (nSPS) is 15.9. The summed E-state index contributed by atoms with van der Waals surface area (Å²) < 4.78 is 5.07. The third-order valence-electron chi connectivity index (χ3n) is 2.64. The van der Waals surface area contributed by atoms with Gasteiger partial charge in [0.15, 0.2) is 6.10 Å². The van der Waals surface area contributed by atoms with Crippen molar-refractivity contribution in [3.63, 3.8) is 0 Å². The summed E-state index contributed by atoms with van der Waals surface area (Å²) in [4.78, 5) is 23.4. The molecular formula is C13H14ClNO3. The lowest BCUT2D eigenvalue weighted by molar-refractivity contribution is -0.129. The molecular weight excluding hydrogens is 254 g/mol. The molecule has 1 aromatic carbocycles. The molecule has 2 rings (SSSR count). The smallest absolute Gasteiger partial charge is 0.338 e. The first-order chi connectivity index (χ1) is 8.56. The maximum Gasteiger partial charge on any atom is 0.338 e. The van der Waals surface area contributed by atoms with Crippen molar-refractivity contribution in [1.82, 2.24) is 5.32 Å². The van der Waals surface area contributed by atoms with Crippen LogP contribution in [0.5, 0.6) is 0 Å². The molecule has 0 saturated heterocycles. The van der Waals surface area contributed by atoms with Gasteiger partial charge < -0.3 is 10.1 Å². The number of carbonyl (C=O) groups is 2. The lowest BCUT2D eigenvalue weighted by atomic mass is 10.2. The van der Waals surface area contributed by atoms with E-state index in [1.807, 2.05) is 0 Å².